The minimum absolute atomic E-state index is 0.0193. The van der Waals surface area contributed by atoms with E-state index >= 15 is 0 Å². The van der Waals surface area contributed by atoms with Gasteiger partial charge in [-0.15, -0.1) is 0 Å². The number of hydrogen-bond donors (Lipinski definition) is 2. The van der Waals surface area contributed by atoms with Crippen LogP contribution in [0.2, 0.25) is 0 Å². The summed E-state index contributed by atoms with van der Waals surface area (Å²) in [4.78, 5) is 32.0. The van der Waals surface area contributed by atoms with Gasteiger partial charge in [0.25, 0.3) is 0 Å². The van der Waals surface area contributed by atoms with E-state index in [1.807, 2.05) is 0 Å². The zero-order valence-corrected chi connectivity index (χ0v) is 17.8. The van der Waals surface area contributed by atoms with Crippen LogP contribution in [0, 0.1) is 0 Å². The number of nitrogens with one attached hydrogen (secondary N) is 1. The molecule has 5 rings (SSSR count). The summed E-state index contributed by atoms with van der Waals surface area (Å²) < 4.78 is 50.4. The van der Waals surface area contributed by atoms with Crippen LogP contribution in [0.5, 0.6) is 5.75 Å². The number of rotatable bonds is 3. The van der Waals surface area contributed by atoms with Crippen molar-refractivity contribution in [1.82, 2.24) is 29.0 Å². The van der Waals surface area contributed by atoms with Crippen molar-refractivity contribution in [3.63, 3.8) is 0 Å². The predicted octanol–water partition coefficient (Wildman–Crippen LogP) is 3.38. The number of methoxy groups -OCH3 is 1. The number of carbonyl (C=O) groups is 1. The molecule has 1 amide bonds. The normalized spacial score (nSPS) is 16.9. The summed E-state index contributed by atoms with van der Waals surface area (Å²) in [5.41, 5.74) is -0.916. The number of pyridine rings is 1. The molecule has 0 unspecified atom stereocenters. The molecule has 0 radical (unpaired) electrons. The molecule has 1 aliphatic heterocycles. The molecule has 13 heteroatoms. The molecule has 178 valence electrons. The van der Waals surface area contributed by atoms with Crippen molar-refractivity contribution >= 4 is 22.8 Å². The molecule has 34 heavy (non-hydrogen) atoms. The Morgan fingerprint density at radius 3 is 2.79 bits per heavy atom. The molecule has 1 saturated heterocycles. The summed E-state index contributed by atoms with van der Waals surface area (Å²) in [7, 11) is 1.38. The van der Waals surface area contributed by atoms with Gasteiger partial charge in [0.1, 0.15) is 6.33 Å². The molecule has 4 aromatic rings. The highest BCUT2D eigenvalue weighted by Crippen LogP contribution is 2.40. The average Bonchev–Trinajstić information content (AvgIpc) is 3.40. The zero-order valence-electron chi connectivity index (χ0n) is 17.8. The van der Waals surface area contributed by atoms with Crippen molar-refractivity contribution in [2.24, 2.45) is 0 Å². The number of likely N-dealkylation sites (tertiary alicyclic amines) is 1. The number of imidazole rings is 1. The number of aromatic amines is 1. The van der Waals surface area contributed by atoms with Gasteiger partial charge < -0.3 is 19.7 Å². The standard InChI is InChI=1S/C21H19F3N6O4/c1-34-17-5-11(8-29-18(17)25-10-26-29)13-6-15-16(7-14(13)21(22,23)24)30(19(31)27-15)12-3-2-4-28(9-12)20(32)33/h5-8,10,12H,2-4,9H2,1H3,(H,27,31)(H,32,33)/t12-/m1/s1. The smallest absolute Gasteiger partial charge is 0.417 e. The quantitative estimate of drug-likeness (QED) is 0.468. The molecule has 4 heterocycles. The summed E-state index contributed by atoms with van der Waals surface area (Å²) in [5.74, 6) is 0.241. The van der Waals surface area contributed by atoms with E-state index in [9.17, 15) is 27.9 Å². The molecule has 0 spiro atoms. The number of piperidine rings is 1. The molecule has 0 saturated carbocycles. The summed E-state index contributed by atoms with van der Waals surface area (Å²) in [6, 6.07) is 3.05. The molecule has 2 N–H and O–H groups in total. The first-order valence-corrected chi connectivity index (χ1v) is 10.4. The number of benzene rings is 1. The van der Waals surface area contributed by atoms with E-state index in [1.54, 1.807) is 0 Å². The monoisotopic (exact) mass is 476 g/mol. The Labute approximate surface area is 189 Å². The van der Waals surface area contributed by atoms with E-state index in [2.05, 4.69) is 15.1 Å². The third-order valence-corrected chi connectivity index (χ3v) is 6.07. The SMILES string of the molecule is COc1cc(-c2cc3[nH]c(=O)n([C@@H]4CCCN(C(=O)O)C4)c3cc2C(F)(F)F)cn2ncnc12. The highest BCUT2D eigenvalue weighted by molar-refractivity contribution is 5.85. The predicted molar refractivity (Wildman–Crippen MR) is 114 cm³/mol. The molecule has 1 fully saturated rings. The number of halogens is 3. The highest BCUT2D eigenvalue weighted by Gasteiger charge is 2.36. The van der Waals surface area contributed by atoms with Crippen LogP contribution in [0.4, 0.5) is 18.0 Å². The van der Waals surface area contributed by atoms with Gasteiger partial charge in [0, 0.05) is 24.8 Å². The van der Waals surface area contributed by atoms with Crippen LogP contribution in [0.3, 0.4) is 0 Å². The molecule has 1 atom stereocenters. The number of nitrogens with zero attached hydrogens (tertiary/aromatic N) is 5. The fourth-order valence-electron chi connectivity index (χ4n) is 4.54. The van der Waals surface area contributed by atoms with Crippen LogP contribution < -0.4 is 10.4 Å². The molecular weight excluding hydrogens is 457 g/mol. The molecule has 1 aliphatic rings. The van der Waals surface area contributed by atoms with Crippen molar-refractivity contribution in [2.45, 2.75) is 25.1 Å². The van der Waals surface area contributed by atoms with Gasteiger partial charge in [0.05, 0.1) is 29.7 Å². The molecule has 10 nitrogen and oxygen atoms in total. The van der Waals surface area contributed by atoms with Crippen molar-refractivity contribution in [1.29, 1.82) is 0 Å². The van der Waals surface area contributed by atoms with Crippen molar-refractivity contribution in [2.75, 3.05) is 20.2 Å². The van der Waals surface area contributed by atoms with E-state index in [-0.39, 0.29) is 34.5 Å². The van der Waals surface area contributed by atoms with Crippen LogP contribution in [0.1, 0.15) is 24.4 Å². The molecule has 1 aromatic carbocycles. The number of ether oxygens (including phenoxy) is 1. The Hall–Kier alpha value is -4.03. The third kappa shape index (κ3) is 3.53. The Morgan fingerprint density at radius 1 is 1.29 bits per heavy atom. The van der Waals surface area contributed by atoms with Crippen LogP contribution in [0.25, 0.3) is 27.8 Å². The Bertz CT molecular complexity index is 1470. The maximum absolute atomic E-state index is 14.2. The average molecular weight is 476 g/mol. The summed E-state index contributed by atoms with van der Waals surface area (Å²) in [5, 5.41) is 13.3. The second kappa shape index (κ2) is 7.78. The maximum atomic E-state index is 14.2. The number of fused-ring (bicyclic) bond motifs is 2. The van der Waals surface area contributed by atoms with E-state index < -0.39 is 29.6 Å². The van der Waals surface area contributed by atoms with Gasteiger partial charge in [-0.2, -0.15) is 18.3 Å². The Morgan fingerprint density at radius 2 is 2.09 bits per heavy atom. The summed E-state index contributed by atoms with van der Waals surface area (Å²) >= 11 is 0. The number of aromatic nitrogens is 5. The van der Waals surface area contributed by atoms with Gasteiger partial charge in [-0.3, -0.25) is 4.57 Å². The number of hydrogen-bond acceptors (Lipinski definition) is 5. The lowest BCUT2D eigenvalue weighted by molar-refractivity contribution is -0.137. The lowest BCUT2D eigenvalue weighted by Crippen LogP contribution is -2.41. The topological polar surface area (TPSA) is 118 Å². The van der Waals surface area contributed by atoms with Gasteiger partial charge in [-0.25, -0.2) is 19.1 Å². The number of carboxylic acid groups (broad SMARTS) is 1. The van der Waals surface area contributed by atoms with Gasteiger partial charge in [0.15, 0.2) is 11.4 Å². The molecule has 0 bridgehead atoms. The molecular formula is C21H19F3N6O4. The number of alkyl halides is 3. The van der Waals surface area contributed by atoms with Crippen LogP contribution in [-0.2, 0) is 6.18 Å². The fraction of sp³-hybridized carbons (Fsp3) is 0.333. The highest BCUT2D eigenvalue weighted by atomic mass is 19.4. The lowest BCUT2D eigenvalue weighted by Gasteiger charge is -2.31. The first-order valence-electron chi connectivity index (χ1n) is 10.4. The van der Waals surface area contributed by atoms with Gasteiger partial charge >= 0.3 is 18.0 Å². The van der Waals surface area contributed by atoms with Crippen molar-refractivity contribution in [3.05, 3.63) is 46.8 Å². The van der Waals surface area contributed by atoms with E-state index in [1.165, 1.54) is 40.8 Å². The van der Waals surface area contributed by atoms with E-state index in [4.69, 9.17) is 4.74 Å². The maximum Gasteiger partial charge on any atom is 0.417 e. The van der Waals surface area contributed by atoms with Gasteiger partial charge in [-0.05, 0) is 36.6 Å². The van der Waals surface area contributed by atoms with Crippen molar-refractivity contribution in [3.8, 4) is 16.9 Å². The van der Waals surface area contributed by atoms with Gasteiger partial charge in [-0.1, -0.05) is 0 Å². The molecule has 3 aromatic heterocycles. The Kier molecular flexibility index (Phi) is 4.99. The summed E-state index contributed by atoms with van der Waals surface area (Å²) in [6.07, 6.45) is -2.22. The first-order chi connectivity index (χ1) is 16.2. The summed E-state index contributed by atoms with van der Waals surface area (Å²) in [6.45, 7) is 0.332. The Balaban J connectivity index is 1.71. The van der Waals surface area contributed by atoms with Gasteiger partial charge in [0.2, 0.25) is 0 Å². The minimum Gasteiger partial charge on any atom is -0.493 e. The zero-order chi connectivity index (χ0) is 24.2. The van der Waals surface area contributed by atoms with Crippen LogP contribution >= 0.6 is 0 Å². The first kappa shape index (κ1) is 21.8. The van der Waals surface area contributed by atoms with Crippen LogP contribution in [0.15, 0.2) is 35.5 Å². The van der Waals surface area contributed by atoms with Crippen molar-refractivity contribution < 1.29 is 27.8 Å². The minimum atomic E-state index is -4.73. The number of H-pyrrole nitrogens is 1. The third-order valence-electron chi connectivity index (χ3n) is 6.07. The molecule has 0 aliphatic carbocycles. The van der Waals surface area contributed by atoms with E-state index in [0.29, 0.717) is 25.0 Å². The number of amides is 1. The van der Waals surface area contributed by atoms with E-state index in [0.717, 1.165) is 11.0 Å². The fourth-order valence-corrected chi connectivity index (χ4v) is 4.54. The largest absolute Gasteiger partial charge is 0.493 e. The lowest BCUT2D eigenvalue weighted by atomic mass is 9.99. The second-order valence-corrected chi connectivity index (χ2v) is 8.06. The van der Waals surface area contributed by atoms with Crippen LogP contribution in [-0.4, -0.2) is 60.4 Å². The second-order valence-electron chi connectivity index (χ2n) is 8.06.